The molecule has 0 spiro atoms. The molecule has 0 bridgehead atoms. The van der Waals surface area contributed by atoms with E-state index in [-0.39, 0.29) is 29.3 Å². The highest BCUT2D eigenvalue weighted by Gasteiger charge is 2.29. The molecular formula is C18H23ClN4O3S. The Bertz CT molecular complexity index is 860. The van der Waals surface area contributed by atoms with Crippen LogP contribution in [0.3, 0.4) is 0 Å². The lowest BCUT2D eigenvalue weighted by Crippen LogP contribution is -2.48. The largest absolute Gasteiger partial charge is 0.329 e. The molecule has 1 fully saturated rings. The molecule has 1 aliphatic rings. The Morgan fingerprint density at radius 3 is 2.67 bits per heavy atom. The van der Waals surface area contributed by atoms with Crippen molar-refractivity contribution in [3.8, 4) is 0 Å². The summed E-state index contributed by atoms with van der Waals surface area (Å²) < 4.78 is 26.5. The summed E-state index contributed by atoms with van der Waals surface area (Å²) in [6.45, 7) is 3.99. The van der Waals surface area contributed by atoms with Crippen molar-refractivity contribution in [3.05, 3.63) is 59.9 Å². The first-order valence-corrected chi connectivity index (χ1v) is 10.0. The van der Waals surface area contributed by atoms with Gasteiger partial charge >= 0.3 is 0 Å². The average Bonchev–Trinajstić information content (AvgIpc) is 2.68. The normalized spacial score (nSPS) is 17.2. The first kappa shape index (κ1) is 21.3. The molecule has 1 aromatic carbocycles. The second kappa shape index (κ2) is 9.27. The fraction of sp³-hybridized carbons (Fsp3) is 0.333. The molecule has 146 valence electrons. The SMILES string of the molecule is CCNS(=O)(=O)c1ccc(C(=O)N2CCNCC2c2cccnc2)cc1.Cl. The van der Waals surface area contributed by atoms with E-state index in [4.69, 9.17) is 0 Å². The van der Waals surface area contributed by atoms with Gasteiger partial charge in [-0.2, -0.15) is 0 Å². The summed E-state index contributed by atoms with van der Waals surface area (Å²) in [4.78, 5) is 19.1. The van der Waals surface area contributed by atoms with Crippen LogP contribution in [0.1, 0.15) is 28.9 Å². The molecule has 1 atom stereocenters. The Balaban J connectivity index is 0.00000261. The maximum absolute atomic E-state index is 13.0. The number of sulfonamides is 1. The lowest BCUT2D eigenvalue weighted by atomic mass is 10.0. The zero-order valence-corrected chi connectivity index (χ0v) is 16.6. The lowest BCUT2D eigenvalue weighted by molar-refractivity contribution is 0.0634. The standard InChI is InChI=1S/C18H22N4O3S.ClH/c1-2-21-26(24,25)16-7-5-14(6-8-16)18(23)22-11-10-20-13-17(22)15-4-3-9-19-12-15;/h3-9,12,17,20-21H,2,10-11,13H2,1H3;1H. The zero-order chi connectivity index (χ0) is 18.6. The highest BCUT2D eigenvalue weighted by Crippen LogP contribution is 2.24. The minimum absolute atomic E-state index is 0. The Labute approximate surface area is 165 Å². The minimum Gasteiger partial charge on any atom is -0.329 e. The van der Waals surface area contributed by atoms with Crippen molar-refractivity contribution in [1.29, 1.82) is 0 Å². The van der Waals surface area contributed by atoms with Crippen molar-refractivity contribution in [1.82, 2.24) is 19.9 Å². The summed E-state index contributed by atoms with van der Waals surface area (Å²) in [7, 11) is -3.52. The van der Waals surface area contributed by atoms with E-state index in [1.165, 1.54) is 12.1 Å². The van der Waals surface area contributed by atoms with Gasteiger partial charge in [0.15, 0.2) is 0 Å². The number of pyridine rings is 1. The molecule has 0 aliphatic carbocycles. The van der Waals surface area contributed by atoms with Crippen LogP contribution in [0.25, 0.3) is 0 Å². The average molecular weight is 411 g/mol. The van der Waals surface area contributed by atoms with Gasteiger partial charge in [-0.1, -0.05) is 13.0 Å². The molecule has 1 saturated heterocycles. The number of hydrogen-bond donors (Lipinski definition) is 2. The first-order valence-electron chi connectivity index (χ1n) is 8.54. The number of nitrogens with zero attached hydrogens (tertiary/aromatic N) is 2. The van der Waals surface area contributed by atoms with E-state index in [2.05, 4.69) is 15.0 Å². The minimum atomic E-state index is -3.52. The van der Waals surface area contributed by atoms with Crippen LogP contribution in [-0.4, -0.2) is 50.4 Å². The number of nitrogens with one attached hydrogen (secondary N) is 2. The van der Waals surface area contributed by atoms with Crippen LogP contribution in [0.5, 0.6) is 0 Å². The van der Waals surface area contributed by atoms with Crippen LogP contribution in [0.4, 0.5) is 0 Å². The molecule has 1 unspecified atom stereocenters. The predicted octanol–water partition coefficient (Wildman–Crippen LogP) is 1.59. The fourth-order valence-electron chi connectivity index (χ4n) is 3.03. The van der Waals surface area contributed by atoms with E-state index >= 15 is 0 Å². The first-order chi connectivity index (χ1) is 12.5. The molecule has 0 saturated carbocycles. The smallest absolute Gasteiger partial charge is 0.254 e. The van der Waals surface area contributed by atoms with Crippen LogP contribution in [0.2, 0.25) is 0 Å². The van der Waals surface area contributed by atoms with Gasteiger partial charge in [-0.05, 0) is 35.9 Å². The van der Waals surface area contributed by atoms with Crippen LogP contribution >= 0.6 is 12.4 Å². The topological polar surface area (TPSA) is 91.4 Å². The van der Waals surface area contributed by atoms with Gasteiger partial charge in [0.05, 0.1) is 10.9 Å². The van der Waals surface area contributed by atoms with Gasteiger partial charge in [0.25, 0.3) is 5.91 Å². The summed E-state index contributed by atoms with van der Waals surface area (Å²) in [6, 6.07) is 9.77. The Morgan fingerprint density at radius 1 is 1.30 bits per heavy atom. The third-order valence-corrected chi connectivity index (χ3v) is 5.88. The predicted molar refractivity (Wildman–Crippen MR) is 105 cm³/mol. The molecule has 7 nitrogen and oxygen atoms in total. The van der Waals surface area contributed by atoms with Gasteiger partial charge < -0.3 is 10.2 Å². The van der Waals surface area contributed by atoms with Crippen molar-refractivity contribution in [3.63, 3.8) is 0 Å². The molecular weight excluding hydrogens is 388 g/mol. The number of aromatic nitrogens is 1. The van der Waals surface area contributed by atoms with Crippen LogP contribution < -0.4 is 10.0 Å². The Morgan fingerprint density at radius 2 is 2.04 bits per heavy atom. The van der Waals surface area contributed by atoms with Crippen molar-refractivity contribution < 1.29 is 13.2 Å². The molecule has 0 radical (unpaired) electrons. The van der Waals surface area contributed by atoms with Gasteiger partial charge in [0.1, 0.15) is 0 Å². The van der Waals surface area contributed by atoms with E-state index in [9.17, 15) is 13.2 Å². The molecule has 1 aromatic heterocycles. The van der Waals surface area contributed by atoms with Crippen LogP contribution in [-0.2, 0) is 10.0 Å². The van der Waals surface area contributed by atoms with Crippen molar-refractivity contribution in [2.45, 2.75) is 17.9 Å². The Hall–Kier alpha value is -2.00. The third kappa shape index (κ3) is 4.84. The second-order valence-corrected chi connectivity index (χ2v) is 7.80. The number of amides is 1. The number of carbonyl (C=O) groups is 1. The summed E-state index contributed by atoms with van der Waals surface area (Å²) in [5, 5.41) is 3.30. The maximum atomic E-state index is 13.0. The highest BCUT2D eigenvalue weighted by atomic mass is 35.5. The van der Waals surface area contributed by atoms with Crippen molar-refractivity contribution in [2.75, 3.05) is 26.2 Å². The molecule has 1 amide bonds. The molecule has 2 N–H and O–H groups in total. The number of halogens is 1. The quantitative estimate of drug-likeness (QED) is 0.781. The maximum Gasteiger partial charge on any atom is 0.254 e. The molecule has 2 aromatic rings. The Kier molecular flexibility index (Phi) is 7.32. The second-order valence-electron chi connectivity index (χ2n) is 6.03. The molecule has 3 rings (SSSR count). The van der Waals surface area contributed by atoms with Gasteiger partial charge in [-0.3, -0.25) is 9.78 Å². The lowest BCUT2D eigenvalue weighted by Gasteiger charge is -2.36. The van der Waals surface area contributed by atoms with E-state index in [1.54, 1.807) is 36.4 Å². The van der Waals surface area contributed by atoms with Gasteiger partial charge in [-0.15, -0.1) is 12.4 Å². The van der Waals surface area contributed by atoms with Gasteiger partial charge in [0, 0.05) is 44.1 Å². The summed E-state index contributed by atoms with van der Waals surface area (Å²) in [5.74, 6) is -0.118. The number of piperazine rings is 1. The molecule has 2 heterocycles. The summed E-state index contributed by atoms with van der Waals surface area (Å²) in [6.07, 6.45) is 3.47. The van der Waals surface area contributed by atoms with E-state index in [1.807, 2.05) is 12.1 Å². The fourth-order valence-corrected chi connectivity index (χ4v) is 4.08. The summed E-state index contributed by atoms with van der Waals surface area (Å²) >= 11 is 0. The van der Waals surface area contributed by atoms with Crippen LogP contribution in [0, 0.1) is 0 Å². The van der Waals surface area contributed by atoms with Crippen molar-refractivity contribution >= 4 is 28.3 Å². The third-order valence-electron chi connectivity index (χ3n) is 4.32. The van der Waals surface area contributed by atoms with Crippen molar-refractivity contribution in [2.24, 2.45) is 0 Å². The number of hydrogen-bond acceptors (Lipinski definition) is 5. The van der Waals surface area contributed by atoms with E-state index in [0.29, 0.717) is 25.2 Å². The van der Waals surface area contributed by atoms with Gasteiger partial charge in [0.2, 0.25) is 10.0 Å². The van der Waals surface area contributed by atoms with Crippen LogP contribution in [0.15, 0.2) is 53.7 Å². The van der Waals surface area contributed by atoms with E-state index in [0.717, 1.165) is 12.1 Å². The number of rotatable bonds is 5. The summed E-state index contributed by atoms with van der Waals surface area (Å²) in [5.41, 5.74) is 1.44. The van der Waals surface area contributed by atoms with E-state index < -0.39 is 10.0 Å². The van der Waals surface area contributed by atoms with Gasteiger partial charge in [-0.25, -0.2) is 13.1 Å². The monoisotopic (exact) mass is 410 g/mol. The molecule has 27 heavy (non-hydrogen) atoms. The zero-order valence-electron chi connectivity index (χ0n) is 15.0. The molecule has 9 heteroatoms. The highest BCUT2D eigenvalue weighted by molar-refractivity contribution is 7.89. The molecule has 1 aliphatic heterocycles. The number of benzene rings is 1. The number of carbonyl (C=O) groups excluding carboxylic acids is 1.